The molecule has 0 radical (unpaired) electrons. The summed E-state index contributed by atoms with van der Waals surface area (Å²) in [6.45, 7) is 8.02. The van der Waals surface area contributed by atoms with E-state index in [1.807, 2.05) is 12.1 Å². The molecule has 1 N–H and O–H groups in total. The number of nitrogens with zero attached hydrogens (tertiary/aromatic N) is 2. The van der Waals surface area contributed by atoms with Crippen molar-refractivity contribution >= 4 is 6.72 Å². The molecule has 0 bridgehead atoms. The Bertz CT molecular complexity index is 187. The van der Waals surface area contributed by atoms with Crippen LogP contribution in [-0.2, 0) is 4.74 Å². The molecule has 0 amide bonds. The number of hydrogen-bond acceptors (Lipinski definition) is 4. The number of hydrogen-bond donors (Lipinski definition) is 1. The highest BCUT2D eigenvalue weighted by molar-refractivity contribution is 5.27. The van der Waals surface area contributed by atoms with Gasteiger partial charge in [-0.15, -0.1) is 0 Å². The van der Waals surface area contributed by atoms with Crippen molar-refractivity contribution in [3.8, 4) is 0 Å². The Hall–Kier alpha value is -0.870. The molecule has 1 fully saturated rings. The smallest absolute Gasteiger partial charge is 0.145 e. The summed E-state index contributed by atoms with van der Waals surface area (Å²) in [5.41, 5.74) is 3.00. The number of aliphatic imine (C=N–C) groups is 1. The molecule has 0 saturated carbocycles. The van der Waals surface area contributed by atoms with Crippen LogP contribution in [-0.4, -0.2) is 31.6 Å². The molecule has 1 unspecified atom stereocenters. The van der Waals surface area contributed by atoms with Gasteiger partial charge in [-0.05, 0) is 26.0 Å². The molecule has 1 aliphatic rings. The summed E-state index contributed by atoms with van der Waals surface area (Å²) in [5, 5.41) is 1.81. The quantitative estimate of drug-likeness (QED) is 0.524. The predicted octanol–water partition coefficient (Wildman–Crippen LogP) is 1.12. The molecular formula is C9H17N3O. The molecule has 1 aliphatic heterocycles. The van der Waals surface area contributed by atoms with Crippen molar-refractivity contribution in [2.45, 2.75) is 25.5 Å². The number of hydrazine groups is 1. The molecule has 4 heteroatoms. The number of ether oxygens (including phenoxy) is 1. The molecule has 0 aromatic heterocycles. The second-order valence-corrected chi connectivity index (χ2v) is 2.99. The summed E-state index contributed by atoms with van der Waals surface area (Å²) in [7, 11) is 1.83. The van der Waals surface area contributed by atoms with Gasteiger partial charge in [-0.2, -0.15) is 0 Å². The van der Waals surface area contributed by atoms with Crippen molar-refractivity contribution in [2.24, 2.45) is 4.99 Å². The van der Waals surface area contributed by atoms with E-state index in [0.717, 1.165) is 19.4 Å². The van der Waals surface area contributed by atoms with E-state index < -0.39 is 0 Å². The van der Waals surface area contributed by atoms with Crippen LogP contribution in [0.25, 0.3) is 0 Å². The van der Waals surface area contributed by atoms with E-state index in [1.165, 1.54) is 6.42 Å². The number of rotatable bonds is 4. The van der Waals surface area contributed by atoms with Crippen LogP contribution in [0.5, 0.6) is 0 Å². The lowest BCUT2D eigenvalue weighted by atomic mass is 10.2. The van der Waals surface area contributed by atoms with E-state index >= 15 is 0 Å². The highest BCUT2D eigenvalue weighted by Gasteiger charge is 2.21. The fraction of sp³-hybridized carbons (Fsp3) is 0.667. The van der Waals surface area contributed by atoms with Crippen molar-refractivity contribution in [1.82, 2.24) is 10.4 Å². The molecule has 1 heterocycles. The van der Waals surface area contributed by atoms with Gasteiger partial charge < -0.3 is 4.74 Å². The first-order chi connectivity index (χ1) is 6.29. The van der Waals surface area contributed by atoms with Gasteiger partial charge in [0.15, 0.2) is 0 Å². The van der Waals surface area contributed by atoms with Crippen LogP contribution < -0.4 is 5.43 Å². The largest absolute Gasteiger partial charge is 0.357 e. The van der Waals surface area contributed by atoms with Crippen LogP contribution in [0.15, 0.2) is 17.4 Å². The zero-order valence-electron chi connectivity index (χ0n) is 8.12. The van der Waals surface area contributed by atoms with Crippen molar-refractivity contribution in [3.05, 3.63) is 12.4 Å². The van der Waals surface area contributed by atoms with E-state index in [2.05, 4.69) is 23.7 Å². The summed E-state index contributed by atoms with van der Waals surface area (Å²) in [5.74, 6) is 0.606. The normalized spacial score (nSPS) is 22.4. The molecule has 4 nitrogen and oxygen atoms in total. The van der Waals surface area contributed by atoms with Crippen LogP contribution in [0.1, 0.15) is 19.3 Å². The SMILES string of the molecule is C=NC(=C)N(NC)C1CCCCO1. The van der Waals surface area contributed by atoms with Crippen molar-refractivity contribution in [2.75, 3.05) is 13.7 Å². The zero-order chi connectivity index (χ0) is 9.68. The second-order valence-electron chi connectivity index (χ2n) is 2.99. The van der Waals surface area contributed by atoms with Gasteiger partial charge in [0, 0.05) is 13.7 Å². The summed E-state index contributed by atoms with van der Waals surface area (Å²) < 4.78 is 5.57. The van der Waals surface area contributed by atoms with Crippen molar-refractivity contribution in [3.63, 3.8) is 0 Å². The van der Waals surface area contributed by atoms with E-state index in [-0.39, 0.29) is 6.23 Å². The van der Waals surface area contributed by atoms with Crippen LogP contribution in [0.4, 0.5) is 0 Å². The number of nitrogens with one attached hydrogen (secondary N) is 1. The lowest BCUT2D eigenvalue weighted by molar-refractivity contribution is -0.0880. The molecular weight excluding hydrogens is 166 g/mol. The van der Waals surface area contributed by atoms with Crippen molar-refractivity contribution in [1.29, 1.82) is 0 Å². The Labute approximate surface area is 79.3 Å². The first-order valence-electron chi connectivity index (χ1n) is 4.53. The Morgan fingerprint density at radius 2 is 2.38 bits per heavy atom. The molecule has 0 aromatic rings. The molecule has 0 aliphatic carbocycles. The molecule has 0 spiro atoms. The molecule has 74 valence electrons. The lowest BCUT2D eigenvalue weighted by Gasteiger charge is -2.34. The highest BCUT2D eigenvalue weighted by atomic mass is 16.5. The monoisotopic (exact) mass is 183 g/mol. The Balaban J connectivity index is 2.53. The van der Waals surface area contributed by atoms with Gasteiger partial charge in [-0.1, -0.05) is 6.58 Å². The van der Waals surface area contributed by atoms with Gasteiger partial charge in [0.05, 0.1) is 0 Å². The lowest BCUT2D eigenvalue weighted by Crippen LogP contribution is -2.45. The minimum absolute atomic E-state index is 0.0525. The maximum Gasteiger partial charge on any atom is 0.145 e. The summed E-state index contributed by atoms with van der Waals surface area (Å²) in [6, 6.07) is 0. The molecule has 0 aromatic carbocycles. The third-order valence-electron chi connectivity index (χ3n) is 2.15. The predicted molar refractivity (Wildman–Crippen MR) is 53.2 cm³/mol. The third kappa shape index (κ3) is 2.54. The Morgan fingerprint density at radius 1 is 1.62 bits per heavy atom. The average molecular weight is 183 g/mol. The Morgan fingerprint density at radius 3 is 2.85 bits per heavy atom. The summed E-state index contributed by atoms with van der Waals surface area (Å²) in [4.78, 5) is 3.77. The van der Waals surface area contributed by atoms with Crippen LogP contribution in [0.3, 0.4) is 0 Å². The zero-order valence-corrected chi connectivity index (χ0v) is 8.12. The van der Waals surface area contributed by atoms with Crippen molar-refractivity contribution < 1.29 is 4.74 Å². The maximum absolute atomic E-state index is 5.57. The van der Waals surface area contributed by atoms with Gasteiger partial charge in [0.1, 0.15) is 12.0 Å². The fourth-order valence-corrected chi connectivity index (χ4v) is 1.44. The minimum Gasteiger partial charge on any atom is -0.357 e. The first-order valence-corrected chi connectivity index (χ1v) is 4.53. The van der Waals surface area contributed by atoms with E-state index in [9.17, 15) is 0 Å². The van der Waals surface area contributed by atoms with Gasteiger partial charge in [-0.3, -0.25) is 5.01 Å². The maximum atomic E-state index is 5.57. The molecule has 13 heavy (non-hydrogen) atoms. The fourth-order valence-electron chi connectivity index (χ4n) is 1.44. The minimum atomic E-state index is 0.0525. The van der Waals surface area contributed by atoms with Gasteiger partial charge in [0.25, 0.3) is 0 Å². The van der Waals surface area contributed by atoms with Crippen LogP contribution >= 0.6 is 0 Å². The van der Waals surface area contributed by atoms with E-state index in [0.29, 0.717) is 5.82 Å². The molecule has 1 rings (SSSR count). The molecule has 1 saturated heterocycles. The second kappa shape index (κ2) is 4.99. The Kier molecular flexibility index (Phi) is 3.92. The van der Waals surface area contributed by atoms with E-state index in [1.54, 1.807) is 0 Å². The first kappa shape index (κ1) is 10.2. The molecule has 1 atom stereocenters. The third-order valence-corrected chi connectivity index (χ3v) is 2.15. The standard InChI is InChI=1S/C9H17N3O/c1-8(10-2)12(11-3)9-6-4-5-7-13-9/h9,11H,1-2,4-7H2,3H3. The van der Waals surface area contributed by atoms with Gasteiger partial charge >= 0.3 is 0 Å². The van der Waals surface area contributed by atoms with Gasteiger partial charge in [-0.25, -0.2) is 10.4 Å². The summed E-state index contributed by atoms with van der Waals surface area (Å²) >= 11 is 0. The average Bonchev–Trinajstić information content (AvgIpc) is 2.20. The highest BCUT2D eigenvalue weighted by Crippen LogP contribution is 2.17. The van der Waals surface area contributed by atoms with Gasteiger partial charge in [0.2, 0.25) is 0 Å². The van der Waals surface area contributed by atoms with Crippen LogP contribution in [0.2, 0.25) is 0 Å². The van der Waals surface area contributed by atoms with Crippen LogP contribution in [0, 0.1) is 0 Å². The summed E-state index contributed by atoms with van der Waals surface area (Å²) in [6.07, 6.45) is 3.39. The topological polar surface area (TPSA) is 36.9 Å². The van der Waals surface area contributed by atoms with E-state index in [4.69, 9.17) is 4.74 Å².